The molecule has 1 rings (SSSR count). The van der Waals surface area contributed by atoms with Gasteiger partial charge in [-0.2, -0.15) is 0 Å². The lowest BCUT2D eigenvalue weighted by atomic mass is 10.2. The summed E-state index contributed by atoms with van der Waals surface area (Å²) in [5.74, 6) is 0.637. The summed E-state index contributed by atoms with van der Waals surface area (Å²) < 4.78 is 0. The van der Waals surface area contributed by atoms with E-state index in [2.05, 4.69) is 27.5 Å². The maximum Gasteiger partial charge on any atom is 0.221 e. The standard InChI is InChI=1S/C14H20N4O.HI/c1-4-8-16-14(15-3)17-10-12-6-5-7-13(9-12)18-11(2)19;/h4-7,9H,1,8,10H2,2-3H3,(H,18,19)(H2,15,16,17);1H. The third-order valence-electron chi connectivity index (χ3n) is 2.34. The van der Waals surface area contributed by atoms with Crippen LogP contribution in [0.4, 0.5) is 5.69 Å². The van der Waals surface area contributed by atoms with Crippen molar-refractivity contribution in [2.75, 3.05) is 18.9 Å². The van der Waals surface area contributed by atoms with E-state index in [4.69, 9.17) is 0 Å². The highest BCUT2D eigenvalue weighted by Gasteiger charge is 1.99. The van der Waals surface area contributed by atoms with Gasteiger partial charge in [-0.15, -0.1) is 30.6 Å². The highest BCUT2D eigenvalue weighted by Crippen LogP contribution is 2.10. The number of halogens is 1. The predicted octanol–water partition coefficient (Wildman–Crippen LogP) is 2.11. The molecule has 0 atom stereocenters. The summed E-state index contributed by atoms with van der Waals surface area (Å²) in [6.45, 7) is 6.42. The quantitative estimate of drug-likeness (QED) is 0.313. The number of nitrogens with one attached hydrogen (secondary N) is 3. The Balaban J connectivity index is 0.00000361. The highest BCUT2D eigenvalue weighted by atomic mass is 127. The molecule has 0 fully saturated rings. The largest absolute Gasteiger partial charge is 0.353 e. The Labute approximate surface area is 137 Å². The van der Waals surface area contributed by atoms with E-state index < -0.39 is 0 Å². The molecule has 1 aromatic rings. The molecule has 0 aromatic heterocycles. The zero-order valence-electron chi connectivity index (χ0n) is 11.8. The van der Waals surface area contributed by atoms with Crippen LogP contribution in [0.5, 0.6) is 0 Å². The van der Waals surface area contributed by atoms with E-state index in [9.17, 15) is 4.79 Å². The lowest BCUT2D eigenvalue weighted by Crippen LogP contribution is -2.36. The smallest absolute Gasteiger partial charge is 0.221 e. The molecule has 0 saturated carbocycles. The minimum atomic E-state index is -0.0754. The maximum absolute atomic E-state index is 11.0. The van der Waals surface area contributed by atoms with Gasteiger partial charge >= 0.3 is 0 Å². The molecule has 3 N–H and O–H groups in total. The van der Waals surface area contributed by atoms with Crippen molar-refractivity contribution < 1.29 is 4.79 Å². The number of carbonyl (C=O) groups excluding carboxylic acids is 1. The third kappa shape index (κ3) is 7.13. The number of rotatable bonds is 5. The van der Waals surface area contributed by atoms with Gasteiger partial charge in [0, 0.05) is 32.7 Å². The minimum Gasteiger partial charge on any atom is -0.353 e. The fourth-order valence-corrected chi connectivity index (χ4v) is 1.54. The van der Waals surface area contributed by atoms with E-state index >= 15 is 0 Å². The number of hydrogen-bond donors (Lipinski definition) is 3. The lowest BCUT2D eigenvalue weighted by molar-refractivity contribution is -0.114. The molecule has 0 aliphatic rings. The van der Waals surface area contributed by atoms with Crippen LogP contribution in [-0.4, -0.2) is 25.5 Å². The van der Waals surface area contributed by atoms with Gasteiger partial charge in [-0.1, -0.05) is 18.2 Å². The van der Waals surface area contributed by atoms with Gasteiger partial charge in [0.2, 0.25) is 5.91 Å². The molecular weight excluding hydrogens is 367 g/mol. The molecule has 0 aliphatic carbocycles. The van der Waals surface area contributed by atoms with E-state index in [0.717, 1.165) is 11.3 Å². The van der Waals surface area contributed by atoms with Crippen molar-refractivity contribution in [3.8, 4) is 0 Å². The molecule has 0 radical (unpaired) electrons. The van der Waals surface area contributed by atoms with Crippen LogP contribution in [0.25, 0.3) is 0 Å². The fourth-order valence-electron chi connectivity index (χ4n) is 1.54. The van der Waals surface area contributed by atoms with Gasteiger partial charge in [0.05, 0.1) is 0 Å². The normalized spacial score (nSPS) is 10.2. The molecule has 110 valence electrons. The molecule has 0 aliphatic heterocycles. The number of amides is 1. The first kappa shape index (κ1) is 18.4. The van der Waals surface area contributed by atoms with Crippen molar-refractivity contribution in [1.29, 1.82) is 0 Å². The van der Waals surface area contributed by atoms with Crippen LogP contribution in [0.3, 0.4) is 0 Å². The molecule has 6 heteroatoms. The van der Waals surface area contributed by atoms with Gasteiger partial charge < -0.3 is 16.0 Å². The second-order valence-corrected chi connectivity index (χ2v) is 3.98. The Morgan fingerprint density at radius 1 is 1.40 bits per heavy atom. The number of benzene rings is 1. The van der Waals surface area contributed by atoms with Crippen LogP contribution in [-0.2, 0) is 11.3 Å². The second-order valence-electron chi connectivity index (χ2n) is 3.98. The summed E-state index contributed by atoms with van der Waals surface area (Å²) in [5, 5.41) is 9.02. The molecule has 0 spiro atoms. The van der Waals surface area contributed by atoms with E-state index in [0.29, 0.717) is 19.0 Å². The zero-order valence-corrected chi connectivity index (χ0v) is 14.1. The van der Waals surface area contributed by atoms with Crippen LogP contribution < -0.4 is 16.0 Å². The van der Waals surface area contributed by atoms with Crippen LogP contribution in [0.1, 0.15) is 12.5 Å². The monoisotopic (exact) mass is 388 g/mol. The summed E-state index contributed by atoms with van der Waals surface area (Å²) in [5.41, 5.74) is 1.86. The van der Waals surface area contributed by atoms with Crippen molar-refractivity contribution in [2.45, 2.75) is 13.5 Å². The summed E-state index contributed by atoms with van der Waals surface area (Å²) >= 11 is 0. The fraction of sp³-hybridized carbons (Fsp3) is 0.286. The molecule has 0 unspecified atom stereocenters. The highest BCUT2D eigenvalue weighted by molar-refractivity contribution is 14.0. The van der Waals surface area contributed by atoms with Crippen LogP contribution in [0.2, 0.25) is 0 Å². The van der Waals surface area contributed by atoms with Gasteiger partial charge in [-0.3, -0.25) is 9.79 Å². The SMILES string of the molecule is C=CCNC(=NC)NCc1cccc(NC(C)=O)c1.I. The van der Waals surface area contributed by atoms with Crippen LogP contribution >= 0.6 is 24.0 Å². The molecule has 1 amide bonds. The lowest BCUT2D eigenvalue weighted by Gasteiger charge is -2.11. The van der Waals surface area contributed by atoms with Gasteiger partial charge in [0.25, 0.3) is 0 Å². The van der Waals surface area contributed by atoms with Crippen molar-refractivity contribution in [1.82, 2.24) is 10.6 Å². The van der Waals surface area contributed by atoms with Crippen LogP contribution in [0, 0.1) is 0 Å². The Morgan fingerprint density at radius 3 is 2.75 bits per heavy atom. The Morgan fingerprint density at radius 2 is 2.15 bits per heavy atom. The zero-order chi connectivity index (χ0) is 14.1. The minimum absolute atomic E-state index is 0. The van der Waals surface area contributed by atoms with Crippen molar-refractivity contribution >= 4 is 41.5 Å². The Hall–Kier alpha value is -1.57. The number of hydrogen-bond acceptors (Lipinski definition) is 2. The van der Waals surface area contributed by atoms with Crippen LogP contribution in [0.15, 0.2) is 41.9 Å². The van der Waals surface area contributed by atoms with Gasteiger partial charge in [-0.05, 0) is 17.7 Å². The number of guanidine groups is 1. The molecule has 0 saturated heterocycles. The van der Waals surface area contributed by atoms with E-state index in [1.54, 1.807) is 13.1 Å². The van der Waals surface area contributed by atoms with E-state index in [-0.39, 0.29) is 29.9 Å². The molecular formula is C14H21IN4O. The van der Waals surface area contributed by atoms with E-state index in [1.807, 2.05) is 24.3 Å². The summed E-state index contributed by atoms with van der Waals surface area (Å²) in [7, 11) is 1.71. The molecule has 1 aromatic carbocycles. The number of anilines is 1. The second kappa shape index (κ2) is 10.2. The molecule has 20 heavy (non-hydrogen) atoms. The van der Waals surface area contributed by atoms with Crippen molar-refractivity contribution in [3.63, 3.8) is 0 Å². The Bertz CT molecular complexity index is 474. The molecule has 0 heterocycles. The topological polar surface area (TPSA) is 65.5 Å². The predicted molar refractivity (Wildman–Crippen MR) is 94.6 cm³/mol. The maximum atomic E-state index is 11.0. The summed E-state index contributed by atoms with van der Waals surface area (Å²) in [6.07, 6.45) is 1.77. The molecule has 0 bridgehead atoms. The van der Waals surface area contributed by atoms with Gasteiger partial charge in [0.15, 0.2) is 5.96 Å². The number of carbonyl (C=O) groups is 1. The van der Waals surface area contributed by atoms with Crippen molar-refractivity contribution in [3.05, 3.63) is 42.5 Å². The van der Waals surface area contributed by atoms with E-state index in [1.165, 1.54) is 6.92 Å². The summed E-state index contributed by atoms with van der Waals surface area (Å²) in [4.78, 5) is 15.1. The summed E-state index contributed by atoms with van der Waals surface area (Å²) in [6, 6.07) is 7.67. The number of nitrogens with zero attached hydrogens (tertiary/aromatic N) is 1. The number of aliphatic imine (C=N–C) groups is 1. The average Bonchev–Trinajstić information content (AvgIpc) is 2.38. The van der Waals surface area contributed by atoms with Gasteiger partial charge in [-0.25, -0.2) is 0 Å². The van der Waals surface area contributed by atoms with Gasteiger partial charge in [0.1, 0.15) is 0 Å². The Kier molecular flexibility index (Phi) is 9.44. The molecule has 5 nitrogen and oxygen atoms in total. The first-order valence-corrected chi connectivity index (χ1v) is 6.07. The first-order chi connectivity index (χ1) is 9.15. The average molecular weight is 388 g/mol. The first-order valence-electron chi connectivity index (χ1n) is 6.07. The van der Waals surface area contributed by atoms with Crippen molar-refractivity contribution in [2.24, 2.45) is 4.99 Å². The third-order valence-corrected chi connectivity index (χ3v) is 2.34.